The monoisotopic (exact) mass is 1060 g/mol. The summed E-state index contributed by atoms with van der Waals surface area (Å²) < 4.78 is 62.5. The second-order valence-corrected chi connectivity index (χ2v) is 22.7. The second kappa shape index (κ2) is 30.4. The molecule has 2 aromatic rings. The van der Waals surface area contributed by atoms with Gasteiger partial charge in [-0.25, -0.2) is 28.6 Å². The number of aliphatic hydroxyl groups excluding tert-OH is 2. The number of imidazole rings is 1. The molecule has 1 aliphatic rings. The van der Waals surface area contributed by atoms with Crippen molar-refractivity contribution in [3.63, 3.8) is 0 Å². The molecule has 7 atom stereocenters. The molecule has 2 amide bonds. The lowest BCUT2D eigenvalue weighted by atomic mass is 9.87. The molecule has 0 aliphatic carbocycles. The molecular weight excluding hydrogens is 987 g/mol. The molecule has 1 fully saturated rings. The fourth-order valence-corrected chi connectivity index (χ4v) is 10.6. The van der Waals surface area contributed by atoms with E-state index in [2.05, 4.69) is 41.3 Å². The molecule has 3 rings (SSSR count). The lowest BCUT2D eigenvalue weighted by molar-refractivity contribution is -0.137. The Morgan fingerprint density at radius 2 is 1.48 bits per heavy atom. The fraction of sp³-hybridized carbons (Fsp3) is 0.756. The number of hydrogen-bond acceptors (Lipinski definition) is 18. The third kappa shape index (κ3) is 23.2. The van der Waals surface area contributed by atoms with Crippen LogP contribution in [0.15, 0.2) is 24.8 Å². The highest BCUT2D eigenvalue weighted by Crippen LogP contribution is 2.61. The van der Waals surface area contributed by atoms with Crippen LogP contribution in [0, 0.1) is 5.41 Å². The van der Waals surface area contributed by atoms with Crippen LogP contribution in [0.5, 0.6) is 0 Å². The van der Waals surface area contributed by atoms with Crippen LogP contribution >= 0.6 is 35.2 Å². The van der Waals surface area contributed by atoms with E-state index in [0.29, 0.717) is 5.75 Å². The number of ether oxygens (including phenoxy) is 1. The number of nitrogen functional groups attached to an aromatic ring is 1. The SMILES string of the molecule is CCCCCCCCCCCCCCCCC/C=C\C(=O)SCCNC(=O)CCNC(=O)[C@H](O)C(C)(C)COP(=O)(O)OP(=O)(O)OC[C@H]1O[C@@H](n2cnc3c(N)ncnc32)[C@H](O)[C@@H]1OP(=O)(O)O. The largest absolute Gasteiger partial charge is 0.481 e. The summed E-state index contributed by atoms with van der Waals surface area (Å²) in [6.45, 7) is 2.77. The number of rotatable bonds is 36. The molecule has 28 heteroatoms. The van der Waals surface area contributed by atoms with Gasteiger partial charge in [0.05, 0.1) is 19.5 Å². The Morgan fingerprint density at radius 3 is 2.09 bits per heavy atom. The van der Waals surface area contributed by atoms with Gasteiger partial charge in [0.2, 0.25) is 16.9 Å². The first-order chi connectivity index (χ1) is 32.6. The minimum absolute atomic E-state index is 0.0327. The van der Waals surface area contributed by atoms with Crippen molar-refractivity contribution in [2.75, 3.05) is 37.8 Å². The molecule has 0 aromatic carbocycles. The number of nitrogens with one attached hydrogen (secondary N) is 2. The van der Waals surface area contributed by atoms with Crippen molar-refractivity contribution < 1.29 is 80.5 Å². The first-order valence-electron chi connectivity index (χ1n) is 23.3. The van der Waals surface area contributed by atoms with Crippen molar-refractivity contribution in [3.8, 4) is 0 Å². The molecule has 0 spiro atoms. The number of phosphoric acid groups is 3. The Morgan fingerprint density at radius 1 is 0.884 bits per heavy atom. The number of fused-ring (bicyclic) bond motifs is 1. The first-order valence-corrected chi connectivity index (χ1v) is 28.8. The average Bonchev–Trinajstić information content (AvgIpc) is 3.84. The van der Waals surface area contributed by atoms with Gasteiger partial charge in [-0.05, 0) is 18.9 Å². The Labute approximate surface area is 407 Å². The molecule has 1 aliphatic heterocycles. The molecule has 0 bridgehead atoms. The van der Waals surface area contributed by atoms with E-state index < -0.39 is 84.6 Å². The zero-order chi connectivity index (χ0) is 51.1. The fourth-order valence-electron chi connectivity index (χ4n) is 7.14. The maximum atomic E-state index is 12.7. The molecule has 3 heterocycles. The van der Waals surface area contributed by atoms with E-state index in [9.17, 15) is 57.9 Å². The number of aromatic nitrogens is 4. The van der Waals surface area contributed by atoms with Gasteiger partial charge in [-0.3, -0.25) is 32.5 Å². The van der Waals surface area contributed by atoms with Crippen molar-refractivity contribution in [2.24, 2.45) is 5.41 Å². The number of anilines is 1. The maximum Gasteiger partial charge on any atom is 0.481 e. The Hall–Kier alpha value is -2.70. The second-order valence-electron chi connectivity index (χ2n) is 17.4. The van der Waals surface area contributed by atoms with Gasteiger partial charge < -0.3 is 50.9 Å². The number of carbonyl (C=O) groups excluding carboxylic acids is 3. The molecule has 24 nitrogen and oxygen atoms in total. The molecule has 0 radical (unpaired) electrons. The highest BCUT2D eigenvalue weighted by Gasteiger charge is 2.50. The highest BCUT2D eigenvalue weighted by molar-refractivity contribution is 8.14. The van der Waals surface area contributed by atoms with Crippen molar-refractivity contribution >= 4 is 69.1 Å². The third-order valence-electron chi connectivity index (χ3n) is 11.0. The summed E-state index contributed by atoms with van der Waals surface area (Å²) in [5.41, 5.74) is 4.28. The molecule has 69 heavy (non-hydrogen) atoms. The van der Waals surface area contributed by atoms with Gasteiger partial charge in [0, 0.05) is 30.7 Å². The zero-order valence-electron chi connectivity index (χ0n) is 39.5. The number of thioether (sulfide) groups is 1. The van der Waals surface area contributed by atoms with E-state index in [1.54, 1.807) is 6.08 Å². The summed E-state index contributed by atoms with van der Waals surface area (Å²) in [7, 11) is -16.4. The van der Waals surface area contributed by atoms with Gasteiger partial charge >= 0.3 is 23.5 Å². The van der Waals surface area contributed by atoms with Crippen LogP contribution in [0.3, 0.4) is 0 Å². The highest BCUT2D eigenvalue weighted by atomic mass is 32.2. The van der Waals surface area contributed by atoms with Crippen molar-refractivity contribution in [1.82, 2.24) is 30.2 Å². The predicted octanol–water partition coefficient (Wildman–Crippen LogP) is 5.48. The summed E-state index contributed by atoms with van der Waals surface area (Å²) in [5.74, 6) is -1.09. The number of nitrogens with two attached hydrogens (primary N) is 1. The number of aliphatic hydroxyl groups is 2. The van der Waals surface area contributed by atoms with Gasteiger partial charge in [-0.15, -0.1) is 0 Å². The molecule has 2 unspecified atom stereocenters. The molecular formula is C41H72N7O17P3S. The molecule has 394 valence electrons. The standard InChI is InChI=1S/C41H72N7O17P3S/c1-4-5-6-7-8-9-10-11-12-13-14-15-16-17-18-19-20-21-32(50)69-25-24-43-31(49)22-23-44-39(53)36(52)41(2,3)27-62-68(59,60)65-67(57,58)61-26-30-35(64-66(54,55)56)34(51)40(63-30)48-29-47-33-37(42)45-28-46-38(33)48/h20-21,28-30,34-36,40,51-52H,4-19,22-27H2,1-3H3,(H,43,49)(H,44,53)(H,57,58)(H,59,60)(H2,42,45,46)(H2,54,55,56)/b21-20-/t30-,34-,35-,36+,40-/m1/s1. The number of nitrogens with zero attached hydrogens (tertiary/aromatic N) is 4. The summed E-state index contributed by atoms with van der Waals surface area (Å²) in [4.78, 5) is 88.3. The average molecular weight is 1060 g/mol. The number of phosphoric ester groups is 3. The summed E-state index contributed by atoms with van der Waals surface area (Å²) in [5, 5.41) is 26.5. The minimum Gasteiger partial charge on any atom is -0.386 e. The van der Waals surface area contributed by atoms with Crippen LogP contribution < -0.4 is 16.4 Å². The van der Waals surface area contributed by atoms with E-state index >= 15 is 0 Å². The molecule has 1 saturated heterocycles. The van der Waals surface area contributed by atoms with Crippen molar-refractivity contribution in [3.05, 3.63) is 24.8 Å². The number of hydrogen-bond donors (Lipinski definition) is 9. The van der Waals surface area contributed by atoms with Crippen LogP contribution in [0.4, 0.5) is 5.82 Å². The van der Waals surface area contributed by atoms with E-state index in [4.69, 9.17) is 19.5 Å². The van der Waals surface area contributed by atoms with Crippen LogP contribution in [-0.4, -0.2) is 123 Å². The van der Waals surface area contributed by atoms with Gasteiger partial charge in [0.25, 0.3) is 0 Å². The normalized spacial score (nSPS) is 20.0. The van der Waals surface area contributed by atoms with Gasteiger partial charge in [0.1, 0.15) is 36.3 Å². The molecule has 0 saturated carbocycles. The van der Waals surface area contributed by atoms with E-state index in [1.165, 1.54) is 97.3 Å². The zero-order valence-corrected chi connectivity index (χ0v) is 43.0. The number of allylic oxidation sites excluding steroid dienone is 1. The third-order valence-corrected chi connectivity index (χ3v) is 14.9. The minimum atomic E-state index is -5.58. The van der Waals surface area contributed by atoms with Crippen LogP contribution in [0.25, 0.3) is 11.2 Å². The predicted molar refractivity (Wildman–Crippen MR) is 256 cm³/mol. The lowest BCUT2D eigenvalue weighted by Gasteiger charge is -2.30. The maximum absolute atomic E-state index is 12.7. The van der Waals surface area contributed by atoms with Gasteiger partial charge in [-0.2, -0.15) is 4.31 Å². The smallest absolute Gasteiger partial charge is 0.386 e. The number of unbranched alkanes of at least 4 members (excludes halogenated alkanes) is 15. The van der Waals surface area contributed by atoms with Crippen LogP contribution in [-0.2, 0) is 50.7 Å². The Kier molecular flexibility index (Phi) is 26.7. The van der Waals surface area contributed by atoms with E-state index in [-0.39, 0.29) is 41.6 Å². The van der Waals surface area contributed by atoms with Crippen LogP contribution in [0.2, 0.25) is 0 Å². The molecule has 2 aromatic heterocycles. The van der Waals surface area contributed by atoms with Crippen molar-refractivity contribution in [1.29, 1.82) is 0 Å². The first kappa shape index (κ1) is 60.6. The topological polar surface area (TPSA) is 364 Å². The van der Waals surface area contributed by atoms with E-state index in [1.807, 2.05) is 6.08 Å². The number of amides is 2. The quantitative estimate of drug-likeness (QED) is 0.0232. The van der Waals surface area contributed by atoms with E-state index in [0.717, 1.165) is 48.2 Å². The summed E-state index contributed by atoms with van der Waals surface area (Å²) in [6, 6.07) is 0. The summed E-state index contributed by atoms with van der Waals surface area (Å²) in [6.07, 6.45) is 16.8. The summed E-state index contributed by atoms with van der Waals surface area (Å²) >= 11 is 1.07. The molecule has 10 N–H and O–H groups in total. The van der Waals surface area contributed by atoms with Gasteiger partial charge in [-0.1, -0.05) is 129 Å². The van der Waals surface area contributed by atoms with Gasteiger partial charge in [0.15, 0.2) is 17.7 Å². The Bertz CT molecular complexity index is 2080. The van der Waals surface area contributed by atoms with Crippen LogP contribution in [0.1, 0.15) is 136 Å². The van der Waals surface area contributed by atoms with Crippen molar-refractivity contribution in [2.45, 2.75) is 161 Å². The number of carbonyl (C=O) groups is 3. The Balaban J connectivity index is 1.28. The lowest BCUT2D eigenvalue weighted by Crippen LogP contribution is -2.46.